The predicted molar refractivity (Wildman–Crippen MR) is 86.1 cm³/mol. The maximum Gasteiger partial charge on any atom is 0.257 e. The van der Waals surface area contributed by atoms with Crippen molar-refractivity contribution in [3.63, 3.8) is 0 Å². The predicted octanol–water partition coefficient (Wildman–Crippen LogP) is 1.22. The number of carbonyl (C=O) groups excluding carboxylic acids is 1. The first-order chi connectivity index (χ1) is 11.1. The lowest BCUT2D eigenvalue weighted by Crippen LogP contribution is -2.27. The van der Waals surface area contributed by atoms with Crippen LogP contribution < -0.4 is 9.88 Å². The van der Waals surface area contributed by atoms with E-state index in [1.54, 1.807) is 20.9 Å². The number of carbonyl (C=O) groups is 1. The molecule has 0 saturated carbocycles. The number of sulfonamides is 1. The highest BCUT2D eigenvalue weighted by Gasteiger charge is 2.22. The number of nitrogens with zero attached hydrogens (tertiary/aromatic N) is 2. The van der Waals surface area contributed by atoms with Crippen LogP contribution in [0.3, 0.4) is 0 Å². The molecule has 2 N–H and O–H groups in total. The number of hydrogen-bond donors (Lipinski definition) is 1. The summed E-state index contributed by atoms with van der Waals surface area (Å²) in [6, 6.07) is 3.90. The van der Waals surface area contributed by atoms with Crippen molar-refractivity contribution in [3.05, 3.63) is 40.8 Å². The number of hydrogen-bond acceptors (Lipinski definition) is 6. The lowest BCUT2D eigenvalue weighted by atomic mass is 10.1. The van der Waals surface area contributed by atoms with Crippen LogP contribution >= 0.6 is 0 Å². The van der Waals surface area contributed by atoms with Gasteiger partial charge >= 0.3 is 0 Å². The smallest absolute Gasteiger partial charge is 0.257 e. The Morgan fingerprint density at radius 3 is 2.54 bits per heavy atom. The molecule has 1 heterocycles. The number of nitrogens with two attached hydrogens (primary N) is 1. The highest BCUT2D eigenvalue weighted by atomic mass is 32.2. The molecule has 8 nitrogen and oxygen atoms in total. The van der Waals surface area contributed by atoms with E-state index in [9.17, 15) is 13.2 Å². The second kappa shape index (κ2) is 6.62. The molecule has 0 bridgehead atoms. The van der Waals surface area contributed by atoms with Crippen LogP contribution in [-0.4, -0.2) is 38.5 Å². The van der Waals surface area contributed by atoms with Gasteiger partial charge < -0.3 is 14.2 Å². The molecule has 130 valence electrons. The van der Waals surface area contributed by atoms with Crippen molar-refractivity contribution in [2.24, 2.45) is 5.14 Å². The fraction of sp³-hybridized carbons (Fsp3) is 0.333. The summed E-state index contributed by atoms with van der Waals surface area (Å²) in [5.41, 5.74) is 1.60. The standard InChI is InChI=1S/C15H19N3O5S/c1-9-13(10(2)23-17-9)8-18(3)15(19)12-7-11(24(16,20)21)5-6-14(12)22-4/h5-7H,8H2,1-4H3,(H2,16,20,21). The summed E-state index contributed by atoms with van der Waals surface area (Å²) in [6.07, 6.45) is 0. The summed E-state index contributed by atoms with van der Waals surface area (Å²) in [4.78, 5) is 14.0. The van der Waals surface area contributed by atoms with E-state index in [-0.39, 0.29) is 22.8 Å². The van der Waals surface area contributed by atoms with Gasteiger partial charge in [0.05, 0.1) is 29.8 Å². The third-order valence-corrected chi connectivity index (χ3v) is 4.56. The second-order valence-electron chi connectivity index (χ2n) is 5.37. The first-order valence-corrected chi connectivity index (χ1v) is 8.57. The summed E-state index contributed by atoms with van der Waals surface area (Å²) in [6.45, 7) is 3.81. The van der Waals surface area contributed by atoms with Crippen molar-refractivity contribution >= 4 is 15.9 Å². The molecule has 9 heteroatoms. The van der Waals surface area contributed by atoms with E-state index in [2.05, 4.69) is 5.16 Å². The average molecular weight is 353 g/mol. The minimum Gasteiger partial charge on any atom is -0.496 e. The van der Waals surface area contributed by atoms with E-state index in [1.807, 2.05) is 0 Å². The molecule has 0 aliphatic heterocycles. The number of rotatable bonds is 5. The summed E-state index contributed by atoms with van der Waals surface area (Å²) in [5, 5.41) is 8.98. The zero-order valence-electron chi connectivity index (χ0n) is 13.9. The molecule has 1 amide bonds. The van der Waals surface area contributed by atoms with E-state index in [0.717, 1.165) is 5.56 Å². The molecular weight excluding hydrogens is 334 g/mol. The highest BCUT2D eigenvalue weighted by Crippen LogP contribution is 2.24. The second-order valence-corrected chi connectivity index (χ2v) is 6.93. The first kappa shape index (κ1) is 18.0. The van der Waals surface area contributed by atoms with Crippen LogP contribution in [0.15, 0.2) is 27.6 Å². The number of benzene rings is 1. The summed E-state index contributed by atoms with van der Waals surface area (Å²) >= 11 is 0. The van der Waals surface area contributed by atoms with Gasteiger partial charge in [-0.2, -0.15) is 0 Å². The molecule has 0 radical (unpaired) electrons. The average Bonchev–Trinajstić information content (AvgIpc) is 2.84. The van der Waals surface area contributed by atoms with E-state index < -0.39 is 15.9 Å². The van der Waals surface area contributed by atoms with Crippen molar-refractivity contribution < 1.29 is 22.5 Å². The zero-order valence-corrected chi connectivity index (χ0v) is 14.7. The number of methoxy groups -OCH3 is 1. The van der Waals surface area contributed by atoms with Gasteiger partial charge in [0.25, 0.3) is 5.91 Å². The van der Waals surface area contributed by atoms with Crippen molar-refractivity contribution in [2.45, 2.75) is 25.3 Å². The molecule has 0 fully saturated rings. The number of aryl methyl sites for hydroxylation is 2. The Labute approximate surface area is 140 Å². The third-order valence-electron chi connectivity index (χ3n) is 3.65. The Morgan fingerprint density at radius 1 is 1.38 bits per heavy atom. The molecule has 0 unspecified atom stereocenters. The van der Waals surface area contributed by atoms with Crippen molar-refractivity contribution in [3.8, 4) is 5.75 Å². The Hall–Kier alpha value is -2.39. The summed E-state index contributed by atoms with van der Waals surface area (Å²) in [5.74, 6) is 0.479. The van der Waals surface area contributed by atoms with Gasteiger partial charge in [0.15, 0.2) is 0 Å². The Bertz CT molecular complexity index is 854. The van der Waals surface area contributed by atoms with Gasteiger partial charge in [-0.05, 0) is 32.0 Å². The van der Waals surface area contributed by atoms with Gasteiger partial charge in [-0.3, -0.25) is 4.79 Å². The van der Waals surface area contributed by atoms with Gasteiger partial charge in [-0.1, -0.05) is 5.16 Å². The van der Waals surface area contributed by atoms with Crippen molar-refractivity contribution in [1.82, 2.24) is 10.1 Å². The van der Waals surface area contributed by atoms with Gasteiger partial charge in [0.1, 0.15) is 11.5 Å². The Morgan fingerprint density at radius 2 is 2.04 bits per heavy atom. The fourth-order valence-corrected chi connectivity index (χ4v) is 2.81. The van der Waals surface area contributed by atoms with Crippen molar-refractivity contribution in [2.75, 3.05) is 14.2 Å². The quantitative estimate of drug-likeness (QED) is 0.864. The zero-order chi connectivity index (χ0) is 18.1. The lowest BCUT2D eigenvalue weighted by molar-refractivity contribution is 0.0781. The lowest BCUT2D eigenvalue weighted by Gasteiger charge is -2.19. The van der Waals surface area contributed by atoms with Crippen LogP contribution in [0.2, 0.25) is 0 Å². The molecule has 24 heavy (non-hydrogen) atoms. The molecule has 1 aromatic heterocycles. The molecule has 0 aliphatic rings. The van der Waals surface area contributed by atoms with Gasteiger partial charge in [-0.25, -0.2) is 13.6 Å². The molecule has 1 aromatic carbocycles. The number of aromatic nitrogens is 1. The van der Waals surface area contributed by atoms with E-state index in [4.69, 9.17) is 14.4 Å². The van der Waals surface area contributed by atoms with Crippen LogP contribution in [0.5, 0.6) is 5.75 Å². The van der Waals surface area contributed by atoms with Crippen LogP contribution in [-0.2, 0) is 16.6 Å². The molecular formula is C15H19N3O5S. The number of amides is 1. The summed E-state index contributed by atoms with van der Waals surface area (Å²) < 4.78 is 33.3. The maximum absolute atomic E-state index is 12.7. The van der Waals surface area contributed by atoms with Gasteiger partial charge in [0, 0.05) is 12.6 Å². The van der Waals surface area contributed by atoms with E-state index in [0.29, 0.717) is 11.5 Å². The van der Waals surface area contributed by atoms with Crippen LogP contribution in [0.1, 0.15) is 27.4 Å². The first-order valence-electron chi connectivity index (χ1n) is 7.03. The largest absolute Gasteiger partial charge is 0.496 e. The molecule has 2 rings (SSSR count). The summed E-state index contributed by atoms with van der Waals surface area (Å²) in [7, 11) is -0.930. The monoisotopic (exact) mass is 353 g/mol. The van der Waals surface area contributed by atoms with E-state index >= 15 is 0 Å². The highest BCUT2D eigenvalue weighted by molar-refractivity contribution is 7.89. The third kappa shape index (κ3) is 3.57. The van der Waals surface area contributed by atoms with Crippen molar-refractivity contribution in [1.29, 1.82) is 0 Å². The maximum atomic E-state index is 12.7. The van der Waals surface area contributed by atoms with Gasteiger partial charge in [0.2, 0.25) is 10.0 Å². The molecule has 0 spiro atoms. The van der Waals surface area contributed by atoms with Crippen LogP contribution in [0.25, 0.3) is 0 Å². The van der Waals surface area contributed by atoms with Gasteiger partial charge in [-0.15, -0.1) is 0 Å². The number of primary sulfonamides is 1. The minimum atomic E-state index is -3.92. The van der Waals surface area contributed by atoms with Crippen LogP contribution in [0, 0.1) is 13.8 Å². The molecule has 0 saturated heterocycles. The Balaban J connectivity index is 2.37. The fourth-order valence-electron chi connectivity index (χ4n) is 2.27. The minimum absolute atomic E-state index is 0.110. The normalized spacial score (nSPS) is 11.4. The van der Waals surface area contributed by atoms with Crippen LogP contribution in [0.4, 0.5) is 0 Å². The SMILES string of the molecule is COc1ccc(S(N)(=O)=O)cc1C(=O)N(C)Cc1c(C)noc1C. The molecule has 0 aliphatic carbocycles. The number of ether oxygens (including phenoxy) is 1. The van der Waals surface area contributed by atoms with E-state index in [1.165, 1.54) is 30.2 Å². The molecule has 2 aromatic rings. The molecule has 0 atom stereocenters. The Kier molecular flexibility index (Phi) is 4.95. The topological polar surface area (TPSA) is 116 Å².